The number of hydrogen-bond donors (Lipinski definition) is 1. The zero-order valence-corrected chi connectivity index (χ0v) is 12.3. The third-order valence-corrected chi connectivity index (χ3v) is 3.83. The van der Waals surface area contributed by atoms with Gasteiger partial charge in [0.25, 0.3) is 0 Å². The van der Waals surface area contributed by atoms with Crippen LogP contribution in [-0.4, -0.2) is 32.3 Å². The van der Waals surface area contributed by atoms with Crippen LogP contribution in [0.3, 0.4) is 0 Å². The molecule has 114 valence electrons. The summed E-state index contributed by atoms with van der Waals surface area (Å²) >= 11 is 0. The molecule has 0 radical (unpaired) electrons. The van der Waals surface area contributed by atoms with Crippen LogP contribution in [0.4, 0.5) is 5.69 Å². The number of amides is 1. The second-order valence-corrected chi connectivity index (χ2v) is 5.58. The summed E-state index contributed by atoms with van der Waals surface area (Å²) in [5.41, 5.74) is 0.745. The Labute approximate surface area is 124 Å². The van der Waals surface area contributed by atoms with Crippen molar-refractivity contribution < 1.29 is 19.0 Å². The molecular formula is C16H21NO4. The molecule has 1 aliphatic carbocycles. The summed E-state index contributed by atoms with van der Waals surface area (Å²) in [5.74, 6) is 1.58. The van der Waals surface area contributed by atoms with E-state index in [-0.39, 0.29) is 17.9 Å². The summed E-state index contributed by atoms with van der Waals surface area (Å²) in [6.07, 6.45) is 4.25. The average Bonchev–Trinajstić information content (AvgIpc) is 3.22. The molecule has 5 heteroatoms. The van der Waals surface area contributed by atoms with Gasteiger partial charge in [-0.2, -0.15) is 0 Å². The lowest BCUT2D eigenvalue weighted by atomic mass is 10.2. The molecule has 1 saturated heterocycles. The molecule has 1 aromatic rings. The Morgan fingerprint density at radius 3 is 2.86 bits per heavy atom. The van der Waals surface area contributed by atoms with E-state index in [2.05, 4.69) is 5.32 Å². The smallest absolute Gasteiger partial charge is 0.227 e. The van der Waals surface area contributed by atoms with E-state index >= 15 is 0 Å². The molecule has 3 rings (SSSR count). The van der Waals surface area contributed by atoms with Crippen molar-refractivity contribution in [2.75, 3.05) is 25.6 Å². The number of hydrogen-bond acceptors (Lipinski definition) is 4. The predicted molar refractivity (Wildman–Crippen MR) is 78.8 cm³/mol. The number of methoxy groups -OCH3 is 1. The van der Waals surface area contributed by atoms with Crippen LogP contribution in [0.1, 0.15) is 25.7 Å². The first-order valence-electron chi connectivity index (χ1n) is 7.49. The van der Waals surface area contributed by atoms with Crippen LogP contribution >= 0.6 is 0 Å². The van der Waals surface area contributed by atoms with Crippen LogP contribution in [0.25, 0.3) is 0 Å². The Bertz CT molecular complexity index is 507. The van der Waals surface area contributed by atoms with E-state index in [1.807, 2.05) is 18.2 Å². The van der Waals surface area contributed by atoms with Gasteiger partial charge in [-0.05, 0) is 37.8 Å². The van der Waals surface area contributed by atoms with Gasteiger partial charge in [-0.25, -0.2) is 0 Å². The summed E-state index contributed by atoms with van der Waals surface area (Å²) < 4.78 is 16.7. The van der Waals surface area contributed by atoms with E-state index in [9.17, 15) is 4.79 Å². The molecule has 0 spiro atoms. The topological polar surface area (TPSA) is 56.8 Å². The Hall–Kier alpha value is -1.75. The van der Waals surface area contributed by atoms with Gasteiger partial charge in [0.05, 0.1) is 13.2 Å². The van der Waals surface area contributed by atoms with Crippen LogP contribution in [0.5, 0.6) is 11.5 Å². The molecule has 1 atom stereocenters. The van der Waals surface area contributed by atoms with Crippen molar-refractivity contribution in [1.29, 1.82) is 0 Å². The Morgan fingerprint density at radius 1 is 1.33 bits per heavy atom. The van der Waals surface area contributed by atoms with E-state index in [4.69, 9.17) is 14.2 Å². The summed E-state index contributed by atoms with van der Waals surface area (Å²) in [6, 6.07) is 5.46. The zero-order valence-electron chi connectivity index (χ0n) is 12.3. The highest BCUT2D eigenvalue weighted by Crippen LogP contribution is 2.33. The predicted octanol–water partition coefficient (Wildman–Crippen LogP) is 2.60. The molecule has 1 aliphatic heterocycles. The summed E-state index contributed by atoms with van der Waals surface area (Å²) in [7, 11) is 1.61. The van der Waals surface area contributed by atoms with Gasteiger partial charge in [0, 0.05) is 24.3 Å². The van der Waals surface area contributed by atoms with Gasteiger partial charge in [-0.3, -0.25) is 4.79 Å². The maximum absolute atomic E-state index is 11.8. The molecule has 5 nitrogen and oxygen atoms in total. The first-order valence-corrected chi connectivity index (χ1v) is 7.49. The molecule has 1 amide bonds. The number of nitrogens with one attached hydrogen (secondary N) is 1. The summed E-state index contributed by atoms with van der Waals surface area (Å²) in [5, 5.41) is 2.92. The summed E-state index contributed by atoms with van der Waals surface area (Å²) in [4.78, 5) is 11.8. The lowest BCUT2D eigenvalue weighted by Gasteiger charge is -2.15. The fourth-order valence-electron chi connectivity index (χ4n) is 2.42. The molecule has 1 aromatic carbocycles. The lowest BCUT2D eigenvalue weighted by molar-refractivity contribution is -0.117. The SMILES string of the molecule is COc1ccc(NC(=O)C2CC2)cc1OC[C@H]1CCCO1. The molecule has 1 heterocycles. The Kier molecular flexibility index (Phi) is 4.29. The fourth-order valence-corrected chi connectivity index (χ4v) is 2.42. The van der Waals surface area contributed by atoms with Crippen molar-refractivity contribution in [3.05, 3.63) is 18.2 Å². The maximum atomic E-state index is 11.8. The van der Waals surface area contributed by atoms with Crippen LogP contribution < -0.4 is 14.8 Å². The first-order chi connectivity index (χ1) is 10.3. The number of carbonyl (C=O) groups excluding carboxylic acids is 1. The minimum absolute atomic E-state index is 0.0882. The molecule has 21 heavy (non-hydrogen) atoms. The van der Waals surface area contributed by atoms with Gasteiger partial charge >= 0.3 is 0 Å². The van der Waals surface area contributed by atoms with Crippen LogP contribution in [0.2, 0.25) is 0 Å². The van der Waals surface area contributed by atoms with Crippen molar-refractivity contribution in [3.8, 4) is 11.5 Å². The second kappa shape index (κ2) is 6.35. The quantitative estimate of drug-likeness (QED) is 0.875. The standard InChI is InChI=1S/C16H21NO4/c1-19-14-7-6-12(17-16(18)11-4-5-11)9-15(14)21-10-13-3-2-8-20-13/h6-7,9,11,13H,2-5,8,10H2,1H3,(H,17,18)/t13-/m1/s1. The molecule has 1 N–H and O–H groups in total. The Morgan fingerprint density at radius 2 is 2.19 bits per heavy atom. The molecule has 0 aromatic heterocycles. The average molecular weight is 291 g/mol. The highest BCUT2D eigenvalue weighted by Gasteiger charge is 2.29. The van der Waals surface area contributed by atoms with Crippen molar-refractivity contribution in [1.82, 2.24) is 0 Å². The normalized spacial score (nSPS) is 21.1. The monoisotopic (exact) mass is 291 g/mol. The highest BCUT2D eigenvalue weighted by atomic mass is 16.5. The molecule has 2 fully saturated rings. The second-order valence-electron chi connectivity index (χ2n) is 5.58. The third kappa shape index (κ3) is 3.67. The third-order valence-electron chi connectivity index (χ3n) is 3.83. The van der Waals surface area contributed by atoms with Gasteiger partial charge in [0.2, 0.25) is 5.91 Å². The number of carbonyl (C=O) groups is 1. The van der Waals surface area contributed by atoms with Crippen LogP contribution in [0, 0.1) is 5.92 Å². The van der Waals surface area contributed by atoms with Crippen LogP contribution in [0.15, 0.2) is 18.2 Å². The number of ether oxygens (including phenoxy) is 3. The first kappa shape index (κ1) is 14.2. The van der Waals surface area contributed by atoms with E-state index in [0.717, 1.165) is 38.0 Å². The lowest BCUT2D eigenvalue weighted by Crippen LogP contribution is -2.17. The van der Waals surface area contributed by atoms with Gasteiger partial charge in [0.1, 0.15) is 6.61 Å². The van der Waals surface area contributed by atoms with Gasteiger partial charge in [0.15, 0.2) is 11.5 Å². The Balaban J connectivity index is 1.65. The van der Waals surface area contributed by atoms with Crippen molar-refractivity contribution >= 4 is 11.6 Å². The molecule has 0 unspecified atom stereocenters. The number of anilines is 1. The van der Waals surface area contributed by atoms with Crippen molar-refractivity contribution in [3.63, 3.8) is 0 Å². The van der Waals surface area contributed by atoms with Crippen LogP contribution in [-0.2, 0) is 9.53 Å². The molecule has 0 bridgehead atoms. The van der Waals surface area contributed by atoms with Gasteiger partial charge in [-0.15, -0.1) is 0 Å². The van der Waals surface area contributed by atoms with E-state index in [1.54, 1.807) is 7.11 Å². The zero-order chi connectivity index (χ0) is 14.7. The fraction of sp³-hybridized carbons (Fsp3) is 0.562. The van der Waals surface area contributed by atoms with E-state index < -0.39 is 0 Å². The highest BCUT2D eigenvalue weighted by molar-refractivity contribution is 5.94. The van der Waals surface area contributed by atoms with Crippen molar-refractivity contribution in [2.45, 2.75) is 31.8 Å². The maximum Gasteiger partial charge on any atom is 0.227 e. The van der Waals surface area contributed by atoms with E-state index in [0.29, 0.717) is 18.1 Å². The van der Waals surface area contributed by atoms with Gasteiger partial charge < -0.3 is 19.5 Å². The van der Waals surface area contributed by atoms with E-state index in [1.165, 1.54) is 0 Å². The number of rotatable bonds is 6. The molecular weight excluding hydrogens is 270 g/mol. The van der Waals surface area contributed by atoms with Gasteiger partial charge in [-0.1, -0.05) is 0 Å². The largest absolute Gasteiger partial charge is 0.493 e. The molecule has 1 saturated carbocycles. The number of benzene rings is 1. The minimum Gasteiger partial charge on any atom is -0.493 e. The van der Waals surface area contributed by atoms with Crippen molar-refractivity contribution in [2.24, 2.45) is 5.92 Å². The summed E-state index contributed by atoms with van der Waals surface area (Å²) in [6.45, 7) is 1.32. The molecule has 2 aliphatic rings. The minimum atomic E-state index is 0.0882.